The number of benzene rings is 2. The molecule has 0 fully saturated rings. The molecule has 4 heteroatoms. The number of aryl methyl sites for hydroxylation is 1. The molecular weight excluding hydrogens is 300 g/mol. The van der Waals surface area contributed by atoms with Crippen molar-refractivity contribution in [3.8, 4) is 0 Å². The highest BCUT2D eigenvalue weighted by Gasteiger charge is 2.12. The lowest BCUT2D eigenvalue weighted by Crippen LogP contribution is -2.21. The fraction of sp³-hybridized carbons (Fsp3) is 0.200. The molecule has 0 radical (unpaired) electrons. The smallest absolute Gasteiger partial charge is 0.261 e. The normalized spacial score (nSPS) is 9.96. The number of hydrogen-bond donors (Lipinski definition) is 2. The van der Waals surface area contributed by atoms with Gasteiger partial charge in [-0.3, -0.25) is 9.59 Å². The Balaban J connectivity index is 0.000000647. The third kappa shape index (κ3) is 4.10. The van der Waals surface area contributed by atoms with E-state index in [1.54, 1.807) is 18.2 Å². The molecule has 1 aromatic heterocycles. The van der Waals surface area contributed by atoms with Gasteiger partial charge in [0.25, 0.3) is 5.91 Å². The summed E-state index contributed by atoms with van der Waals surface area (Å²) in [6.07, 6.45) is 2.70. The summed E-state index contributed by atoms with van der Waals surface area (Å²) in [6.45, 7) is 6.22. The molecule has 3 rings (SSSR count). The van der Waals surface area contributed by atoms with E-state index in [1.807, 2.05) is 37.3 Å². The number of carbonyl (C=O) groups excluding carboxylic acids is 1. The van der Waals surface area contributed by atoms with Gasteiger partial charge in [-0.05, 0) is 31.2 Å². The number of rotatable bonds is 2. The van der Waals surface area contributed by atoms with E-state index in [1.165, 1.54) is 12.6 Å². The van der Waals surface area contributed by atoms with Crippen LogP contribution in [0.4, 0.5) is 5.69 Å². The highest BCUT2D eigenvalue weighted by molar-refractivity contribution is 6.05. The Morgan fingerprint density at radius 1 is 1.04 bits per heavy atom. The van der Waals surface area contributed by atoms with Gasteiger partial charge in [-0.25, -0.2) is 0 Å². The summed E-state index contributed by atoms with van der Waals surface area (Å²) in [6, 6.07) is 14.5. The van der Waals surface area contributed by atoms with E-state index in [0.29, 0.717) is 11.1 Å². The zero-order valence-corrected chi connectivity index (χ0v) is 14.2. The van der Waals surface area contributed by atoms with Crippen molar-refractivity contribution >= 4 is 22.5 Å². The number of anilines is 1. The molecule has 0 aliphatic heterocycles. The van der Waals surface area contributed by atoms with Gasteiger partial charge in [0.1, 0.15) is 5.56 Å². The lowest BCUT2D eigenvalue weighted by atomic mass is 10.1. The first kappa shape index (κ1) is 17.5. The highest BCUT2D eigenvalue weighted by Crippen LogP contribution is 2.11. The Labute approximate surface area is 141 Å². The molecule has 1 heterocycles. The predicted octanol–water partition coefficient (Wildman–Crippen LogP) is 4.51. The molecule has 2 N–H and O–H groups in total. The summed E-state index contributed by atoms with van der Waals surface area (Å²) < 4.78 is 0. The van der Waals surface area contributed by atoms with Crippen LogP contribution in [0.5, 0.6) is 0 Å². The molecular formula is C20H22N2O2. The van der Waals surface area contributed by atoms with Crippen LogP contribution in [0, 0.1) is 6.92 Å². The molecule has 0 saturated carbocycles. The van der Waals surface area contributed by atoms with E-state index in [4.69, 9.17) is 0 Å². The molecule has 0 bridgehead atoms. The summed E-state index contributed by atoms with van der Waals surface area (Å²) in [5.41, 5.74) is 2.33. The number of amides is 1. The summed E-state index contributed by atoms with van der Waals surface area (Å²) >= 11 is 0. The quantitative estimate of drug-likeness (QED) is 0.729. The van der Waals surface area contributed by atoms with E-state index in [2.05, 4.69) is 24.1 Å². The van der Waals surface area contributed by atoms with Crippen LogP contribution >= 0.6 is 0 Å². The average Bonchev–Trinajstić information content (AvgIpc) is 2.58. The van der Waals surface area contributed by atoms with Crippen molar-refractivity contribution in [3.63, 3.8) is 0 Å². The van der Waals surface area contributed by atoms with Crippen molar-refractivity contribution in [1.29, 1.82) is 0 Å². The van der Waals surface area contributed by atoms with Gasteiger partial charge in [0.15, 0.2) is 0 Å². The number of H-pyrrole nitrogens is 1. The fourth-order valence-electron chi connectivity index (χ4n) is 2.17. The van der Waals surface area contributed by atoms with Crippen molar-refractivity contribution in [2.24, 2.45) is 0 Å². The zero-order valence-electron chi connectivity index (χ0n) is 14.2. The minimum atomic E-state index is -0.411. The van der Waals surface area contributed by atoms with Crippen LogP contribution in [0.25, 0.3) is 10.9 Å². The third-order valence-corrected chi connectivity index (χ3v) is 3.34. The van der Waals surface area contributed by atoms with Crippen LogP contribution in [0.3, 0.4) is 0 Å². The molecule has 0 atom stereocenters. The number of aromatic nitrogens is 1. The first-order valence-electron chi connectivity index (χ1n) is 8.05. The number of carbonyl (C=O) groups is 1. The Kier molecular flexibility index (Phi) is 5.90. The number of aromatic amines is 1. The monoisotopic (exact) mass is 322 g/mol. The van der Waals surface area contributed by atoms with E-state index < -0.39 is 5.91 Å². The van der Waals surface area contributed by atoms with Crippen LogP contribution in [0.1, 0.15) is 36.2 Å². The molecule has 4 nitrogen and oxygen atoms in total. The first-order chi connectivity index (χ1) is 11.6. The van der Waals surface area contributed by atoms with Gasteiger partial charge < -0.3 is 10.3 Å². The van der Waals surface area contributed by atoms with Crippen LogP contribution in [0.2, 0.25) is 0 Å². The van der Waals surface area contributed by atoms with E-state index in [9.17, 15) is 9.59 Å². The highest BCUT2D eigenvalue weighted by atomic mass is 16.2. The van der Waals surface area contributed by atoms with Crippen LogP contribution in [-0.2, 0) is 0 Å². The second-order valence-corrected chi connectivity index (χ2v) is 5.60. The maximum Gasteiger partial charge on any atom is 0.261 e. The Morgan fingerprint density at radius 3 is 2.33 bits per heavy atom. The van der Waals surface area contributed by atoms with Crippen molar-refractivity contribution in [2.45, 2.75) is 27.2 Å². The second kappa shape index (κ2) is 8.11. The van der Waals surface area contributed by atoms with Gasteiger partial charge in [0, 0.05) is 22.8 Å². The molecule has 1 amide bonds. The molecule has 0 aliphatic rings. The lowest BCUT2D eigenvalue weighted by molar-refractivity contribution is 0.102. The summed E-state index contributed by atoms with van der Waals surface area (Å²) in [5, 5.41) is 3.24. The summed E-state index contributed by atoms with van der Waals surface area (Å²) in [5.74, 6) is -0.411. The van der Waals surface area contributed by atoms with E-state index >= 15 is 0 Å². The minimum absolute atomic E-state index is 0.106. The maximum atomic E-state index is 12.3. The van der Waals surface area contributed by atoms with Crippen molar-refractivity contribution in [1.82, 2.24) is 4.98 Å². The fourth-order valence-corrected chi connectivity index (χ4v) is 2.17. The summed E-state index contributed by atoms with van der Waals surface area (Å²) in [7, 11) is 0. The average molecular weight is 322 g/mol. The molecule has 24 heavy (non-hydrogen) atoms. The van der Waals surface area contributed by atoms with Crippen LogP contribution in [-0.4, -0.2) is 10.9 Å². The molecule has 0 spiro atoms. The van der Waals surface area contributed by atoms with Gasteiger partial charge in [-0.2, -0.15) is 0 Å². The van der Waals surface area contributed by atoms with Gasteiger partial charge in [0.2, 0.25) is 5.43 Å². The van der Waals surface area contributed by atoms with Crippen molar-refractivity contribution in [2.75, 3.05) is 5.32 Å². The molecule has 3 aromatic rings. The van der Waals surface area contributed by atoms with Gasteiger partial charge in [-0.1, -0.05) is 50.1 Å². The van der Waals surface area contributed by atoms with Crippen molar-refractivity contribution < 1.29 is 4.79 Å². The Morgan fingerprint density at radius 2 is 1.67 bits per heavy atom. The second-order valence-electron chi connectivity index (χ2n) is 5.60. The van der Waals surface area contributed by atoms with Gasteiger partial charge >= 0.3 is 0 Å². The molecule has 0 saturated heterocycles. The number of hydrogen-bond acceptors (Lipinski definition) is 2. The number of pyridine rings is 1. The lowest BCUT2D eigenvalue weighted by Gasteiger charge is -2.06. The number of fused-ring (bicyclic) bond motifs is 1. The van der Waals surface area contributed by atoms with E-state index in [0.717, 1.165) is 11.1 Å². The van der Waals surface area contributed by atoms with E-state index in [-0.39, 0.29) is 11.0 Å². The first-order valence-corrected chi connectivity index (χ1v) is 8.05. The maximum absolute atomic E-state index is 12.3. The molecule has 2 aromatic carbocycles. The Bertz CT molecular complexity index is 880. The molecule has 0 aliphatic carbocycles. The van der Waals surface area contributed by atoms with Crippen LogP contribution < -0.4 is 10.7 Å². The SMILES string of the molecule is CCC.Cc1ccc(NC(=O)c2c[nH]c3ccccc3c2=O)cc1. The summed E-state index contributed by atoms with van der Waals surface area (Å²) in [4.78, 5) is 27.5. The Hall–Kier alpha value is -2.88. The standard InChI is InChI=1S/C17H14N2O2.C3H8/c1-11-6-8-12(9-7-11)19-17(21)14-10-18-15-5-3-2-4-13(15)16(14)20;1-3-2/h2-10H,1H3,(H,18,20)(H,19,21);3H2,1-2H3. The topological polar surface area (TPSA) is 62.0 Å². The third-order valence-electron chi connectivity index (χ3n) is 3.34. The van der Waals surface area contributed by atoms with Crippen molar-refractivity contribution in [3.05, 3.63) is 76.1 Å². The predicted molar refractivity (Wildman–Crippen MR) is 99.7 cm³/mol. The van der Waals surface area contributed by atoms with Crippen LogP contribution in [0.15, 0.2) is 59.5 Å². The van der Waals surface area contributed by atoms with Gasteiger partial charge in [-0.15, -0.1) is 0 Å². The van der Waals surface area contributed by atoms with Gasteiger partial charge in [0.05, 0.1) is 0 Å². The molecule has 0 unspecified atom stereocenters. The number of para-hydroxylation sites is 1. The minimum Gasteiger partial charge on any atom is -0.360 e. The number of nitrogens with one attached hydrogen (secondary N) is 2. The molecule has 124 valence electrons. The zero-order chi connectivity index (χ0) is 17.5. The largest absolute Gasteiger partial charge is 0.360 e.